The third-order valence-corrected chi connectivity index (χ3v) is 3.97. The second-order valence-electron chi connectivity index (χ2n) is 5.48. The molecule has 1 aliphatic heterocycles. The first-order chi connectivity index (χ1) is 9.22. The number of likely N-dealkylation sites (tertiary alicyclic amines) is 1. The number of nitrogens with two attached hydrogens (primary N) is 1. The minimum Gasteiger partial charge on any atom is -0.325 e. The summed E-state index contributed by atoms with van der Waals surface area (Å²) in [5, 5.41) is 0. The van der Waals surface area contributed by atoms with Crippen LogP contribution in [0.1, 0.15) is 31.0 Å². The lowest BCUT2D eigenvalue weighted by molar-refractivity contribution is 0.195. The Hall–Kier alpha value is -0.970. The quantitative estimate of drug-likeness (QED) is 0.843. The van der Waals surface area contributed by atoms with Crippen molar-refractivity contribution in [3.05, 3.63) is 29.6 Å². The molecule has 1 unspecified atom stereocenters. The fourth-order valence-electron chi connectivity index (χ4n) is 2.99. The molecule has 1 fully saturated rings. The minimum atomic E-state index is 0.518. The number of pyridine rings is 1. The van der Waals surface area contributed by atoms with E-state index in [1.54, 1.807) is 0 Å². The summed E-state index contributed by atoms with van der Waals surface area (Å²) < 4.78 is 0. The Morgan fingerprint density at radius 3 is 3.11 bits per heavy atom. The van der Waals surface area contributed by atoms with Crippen LogP contribution in [0, 0.1) is 0 Å². The van der Waals surface area contributed by atoms with Crippen LogP contribution in [0.15, 0.2) is 18.3 Å². The molecule has 1 aromatic heterocycles. The summed E-state index contributed by atoms with van der Waals surface area (Å²) in [6.45, 7) is 7.34. The highest BCUT2D eigenvalue weighted by atomic mass is 15.2. The molecule has 106 valence electrons. The highest BCUT2D eigenvalue weighted by Gasteiger charge is 2.23. The van der Waals surface area contributed by atoms with Crippen LogP contribution in [0.25, 0.3) is 0 Å². The molecule has 1 saturated heterocycles. The van der Waals surface area contributed by atoms with E-state index in [2.05, 4.69) is 40.9 Å². The van der Waals surface area contributed by atoms with Gasteiger partial charge in [-0.05, 0) is 50.7 Å². The minimum absolute atomic E-state index is 0.518. The van der Waals surface area contributed by atoms with Crippen molar-refractivity contribution in [2.45, 2.75) is 38.9 Å². The van der Waals surface area contributed by atoms with Crippen LogP contribution in [0.5, 0.6) is 0 Å². The highest BCUT2D eigenvalue weighted by Crippen LogP contribution is 2.18. The van der Waals surface area contributed by atoms with Crippen LogP contribution >= 0.6 is 0 Å². The summed E-state index contributed by atoms with van der Waals surface area (Å²) in [7, 11) is 2.20. The second kappa shape index (κ2) is 6.98. The lowest BCUT2D eigenvalue weighted by atomic mass is 10.1. The highest BCUT2D eigenvalue weighted by molar-refractivity contribution is 5.16. The Bertz CT molecular complexity index is 393. The number of nitrogens with zero attached hydrogens (tertiary/aromatic N) is 3. The zero-order valence-electron chi connectivity index (χ0n) is 12.2. The van der Waals surface area contributed by atoms with E-state index in [-0.39, 0.29) is 0 Å². The first-order valence-corrected chi connectivity index (χ1v) is 7.29. The molecule has 1 aliphatic rings. The summed E-state index contributed by atoms with van der Waals surface area (Å²) in [6, 6.07) is 4.93. The van der Waals surface area contributed by atoms with Gasteiger partial charge in [0.05, 0.1) is 5.69 Å². The van der Waals surface area contributed by atoms with Crippen LogP contribution in [-0.4, -0.2) is 47.5 Å². The number of likely N-dealkylation sites (N-methyl/N-ethyl adjacent to an activating group) is 2. The average Bonchev–Trinajstić information content (AvgIpc) is 2.86. The predicted octanol–water partition coefficient (Wildman–Crippen LogP) is 1.46. The van der Waals surface area contributed by atoms with Crippen LogP contribution in [0.3, 0.4) is 0 Å². The van der Waals surface area contributed by atoms with Crippen LogP contribution in [0.2, 0.25) is 0 Å². The Morgan fingerprint density at radius 1 is 1.53 bits per heavy atom. The van der Waals surface area contributed by atoms with Crippen molar-refractivity contribution in [1.82, 2.24) is 14.8 Å². The molecule has 0 bridgehead atoms. The third kappa shape index (κ3) is 4.00. The van der Waals surface area contributed by atoms with Crippen molar-refractivity contribution in [3.63, 3.8) is 0 Å². The molecule has 2 heterocycles. The standard InChI is InChI=1S/C15H26N4/c1-3-19-8-4-5-15(19)12-18(2)11-13-6-7-17-14(9-13)10-16/h6-7,9,15H,3-5,8,10-12,16H2,1-2H3. The molecule has 0 aromatic carbocycles. The van der Waals surface area contributed by atoms with Gasteiger partial charge in [-0.15, -0.1) is 0 Å². The first-order valence-electron chi connectivity index (χ1n) is 7.29. The summed E-state index contributed by atoms with van der Waals surface area (Å²) >= 11 is 0. The predicted molar refractivity (Wildman–Crippen MR) is 78.7 cm³/mol. The maximum atomic E-state index is 5.64. The van der Waals surface area contributed by atoms with Crippen LogP contribution in [0.4, 0.5) is 0 Å². The van der Waals surface area contributed by atoms with Gasteiger partial charge in [-0.25, -0.2) is 0 Å². The molecule has 2 rings (SSSR count). The van der Waals surface area contributed by atoms with Crippen molar-refractivity contribution in [3.8, 4) is 0 Å². The molecular formula is C15H26N4. The summed E-state index contributed by atoms with van der Waals surface area (Å²) in [6.07, 6.45) is 4.54. The van der Waals surface area contributed by atoms with Gasteiger partial charge in [0, 0.05) is 31.9 Å². The summed E-state index contributed by atoms with van der Waals surface area (Å²) in [5.74, 6) is 0. The number of aromatic nitrogens is 1. The smallest absolute Gasteiger partial charge is 0.0542 e. The fourth-order valence-corrected chi connectivity index (χ4v) is 2.99. The van der Waals surface area contributed by atoms with Gasteiger partial charge in [0.25, 0.3) is 0 Å². The number of hydrogen-bond donors (Lipinski definition) is 1. The molecule has 2 N–H and O–H groups in total. The zero-order chi connectivity index (χ0) is 13.7. The van der Waals surface area contributed by atoms with Gasteiger partial charge in [-0.1, -0.05) is 6.92 Å². The van der Waals surface area contributed by atoms with Gasteiger partial charge in [0.1, 0.15) is 0 Å². The maximum absolute atomic E-state index is 5.64. The lowest BCUT2D eigenvalue weighted by Gasteiger charge is -2.27. The van der Waals surface area contributed by atoms with Gasteiger partial charge in [0.2, 0.25) is 0 Å². The normalized spacial score (nSPS) is 20.3. The SMILES string of the molecule is CCN1CCCC1CN(C)Cc1ccnc(CN)c1. The zero-order valence-corrected chi connectivity index (χ0v) is 12.2. The van der Waals surface area contributed by atoms with Crippen LogP contribution < -0.4 is 5.73 Å². The van der Waals surface area contributed by atoms with E-state index < -0.39 is 0 Å². The molecule has 0 saturated carbocycles. The molecule has 1 atom stereocenters. The van der Waals surface area contributed by atoms with E-state index in [4.69, 9.17) is 5.73 Å². The van der Waals surface area contributed by atoms with Gasteiger partial charge in [-0.2, -0.15) is 0 Å². The van der Waals surface area contributed by atoms with E-state index in [1.165, 1.54) is 31.5 Å². The molecule has 1 aromatic rings. The van der Waals surface area contributed by atoms with Gasteiger partial charge >= 0.3 is 0 Å². The Kier molecular flexibility index (Phi) is 5.31. The van der Waals surface area contributed by atoms with Crippen molar-refractivity contribution in [2.75, 3.05) is 26.7 Å². The number of rotatable bonds is 6. The Labute approximate surface area is 116 Å². The first kappa shape index (κ1) is 14.4. The topological polar surface area (TPSA) is 45.4 Å². The molecule has 4 nitrogen and oxygen atoms in total. The van der Waals surface area contributed by atoms with Crippen LogP contribution in [-0.2, 0) is 13.1 Å². The van der Waals surface area contributed by atoms with Gasteiger partial charge in [-0.3, -0.25) is 9.88 Å². The van der Waals surface area contributed by atoms with Crippen molar-refractivity contribution < 1.29 is 0 Å². The molecule has 0 radical (unpaired) electrons. The summed E-state index contributed by atoms with van der Waals surface area (Å²) in [4.78, 5) is 9.24. The summed E-state index contributed by atoms with van der Waals surface area (Å²) in [5.41, 5.74) is 7.91. The second-order valence-corrected chi connectivity index (χ2v) is 5.48. The van der Waals surface area contributed by atoms with Crippen molar-refractivity contribution in [1.29, 1.82) is 0 Å². The van der Waals surface area contributed by atoms with E-state index in [0.717, 1.165) is 24.8 Å². The molecule has 0 amide bonds. The average molecular weight is 262 g/mol. The van der Waals surface area contributed by atoms with E-state index in [1.807, 2.05) is 6.20 Å². The maximum Gasteiger partial charge on any atom is 0.0542 e. The van der Waals surface area contributed by atoms with E-state index >= 15 is 0 Å². The molecule has 19 heavy (non-hydrogen) atoms. The molecule has 0 spiro atoms. The Balaban J connectivity index is 1.88. The molecular weight excluding hydrogens is 236 g/mol. The monoisotopic (exact) mass is 262 g/mol. The number of hydrogen-bond acceptors (Lipinski definition) is 4. The largest absolute Gasteiger partial charge is 0.325 e. The van der Waals surface area contributed by atoms with Crippen molar-refractivity contribution in [2.24, 2.45) is 5.73 Å². The fraction of sp³-hybridized carbons (Fsp3) is 0.667. The molecule has 0 aliphatic carbocycles. The van der Waals surface area contributed by atoms with Crippen molar-refractivity contribution >= 4 is 0 Å². The van der Waals surface area contributed by atoms with E-state index in [9.17, 15) is 0 Å². The molecule has 4 heteroatoms. The van der Waals surface area contributed by atoms with Gasteiger partial charge in [0.15, 0.2) is 0 Å². The third-order valence-electron chi connectivity index (χ3n) is 3.97. The van der Waals surface area contributed by atoms with Gasteiger partial charge < -0.3 is 10.6 Å². The Morgan fingerprint density at radius 2 is 2.37 bits per heavy atom. The van der Waals surface area contributed by atoms with E-state index in [0.29, 0.717) is 6.54 Å². The lowest BCUT2D eigenvalue weighted by Crippen LogP contribution is -2.38.